The molecule has 2 rings (SSSR count). The summed E-state index contributed by atoms with van der Waals surface area (Å²) >= 11 is 0. The highest BCUT2D eigenvalue weighted by atomic mass is 16.5. The summed E-state index contributed by atoms with van der Waals surface area (Å²) in [5, 5.41) is 17.3. The van der Waals surface area contributed by atoms with Gasteiger partial charge < -0.3 is 24.4 Å². The van der Waals surface area contributed by atoms with Crippen LogP contribution in [0.15, 0.2) is 34.9 Å². The molecule has 2 N–H and O–H groups in total. The van der Waals surface area contributed by atoms with E-state index in [1.807, 2.05) is 42.5 Å². The lowest BCUT2D eigenvalue weighted by Gasteiger charge is -2.23. The smallest absolute Gasteiger partial charge is 0.160 e. The van der Waals surface area contributed by atoms with Crippen molar-refractivity contribution >= 4 is 12.2 Å². The Morgan fingerprint density at radius 1 is 1.27 bits per heavy atom. The summed E-state index contributed by atoms with van der Waals surface area (Å²) in [5.74, 6) is 1.34. The van der Waals surface area contributed by atoms with Crippen LogP contribution < -0.4 is 10.1 Å². The van der Waals surface area contributed by atoms with Crippen molar-refractivity contribution in [2.24, 2.45) is 0 Å². The molecular weight excluding hydrogens is 332 g/mol. The molecule has 0 aliphatic carbocycles. The molecule has 0 aliphatic heterocycles. The summed E-state index contributed by atoms with van der Waals surface area (Å²) in [5.41, 5.74) is 1.60. The Morgan fingerprint density at radius 2 is 2.04 bits per heavy atom. The molecule has 142 valence electrons. The Labute approximate surface area is 154 Å². The van der Waals surface area contributed by atoms with Crippen molar-refractivity contribution in [3.63, 3.8) is 0 Å². The SMILES string of the molecule is COCc1cc(/C=C/c2ccccc2OCC(O)CNC(C)(C)C)on1. The predicted molar refractivity (Wildman–Crippen MR) is 102 cm³/mol. The molecule has 1 aromatic heterocycles. The Morgan fingerprint density at radius 3 is 2.77 bits per heavy atom. The van der Waals surface area contributed by atoms with Gasteiger partial charge in [-0.05, 0) is 39.0 Å². The van der Waals surface area contributed by atoms with Crippen LogP contribution in [0, 0.1) is 0 Å². The van der Waals surface area contributed by atoms with Gasteiger partial charge in [0.15, 0.2) is 5.76 Å². The number of aliphatic hydroxyl groups is 1. The Hall–Kier alpha value is -2.15. The third-order valence-corrected chi connectivity index (χ3v) is 3.51. The van der Waals surface area contributed by atoms with Gasteiger partial charge in [0, 0.05) is 30.8 Å². The van der Waals surface area contributed by atoms with E-state index in [0.29, 0.717) is 24.7 Å². The fourth-order valence-corrected chi connectivity index (χ4v) is 2.21. The van der Waals surface area contributed by atoms with Gasteiger partial charge in [-0.1, -0.05) is 23.4 Å². The first-order valence-corrected chi connectivity index (χ1v) is 8.65. The minimum Gasteiger partial charge on any atom is -0.490 e. The third-order valence-electron chi connectivity index (χ3n) is 3.51. The number of benzene rings is 1. The Bertz CT molecular complexity index is 704. The Kier molecular flexibility index (Phi) is 7.38. The number of ether oxygens (including phenoxy) is 2. The maximum absolute atomic E-state index is 10.1. The minimum atomic E-state index is -0.586. The summed E-state index contributed by atoms with van der Waals surface area (Å²) in [6, 6.07) is 9.47. The summed E-state index contributed by atoms with van der Waals surface area (Å²) in [7, 11) is 1.61. The van der Waals surface area contributed by atoms with Crippen LogP contribution in [-0.4, -0.2) is 42.2 Å². The largest absolute Gasteiger partial charge is 0.490 e. The highest BCUT2D eigenvalue weighted by Gasteiger charge is 2.13. The van der Waals surface area contributed by atoms with Crippen LogP contribution >= 0.6 is 0 Å². The van der Waals surface area contributed by atoms with E-state index in [0.717, 1.165) is 11.3 Å². The molecule has 0 saturated heterocycles. The topological polar surface area (TPSA) is 76.8 Å². The first-order valence-electron chi connectivity index (χ1n) is 8.65. The van der Waals surface area contributed by atoms with Gasteiger partial charge in [-0.2, -0.15) is 0 Å². The van der Waals surface area contributed by atoms with E-state index in [2.05, 4.69) is 31.2 Å². The van der Waals surface area contributed by atoms with Crippen molar-refractivity contribution in [3.8, 4) is 5.75 Å². The zero-order chi connectivity index (χ0) is 19.0. The number of para-hydroxylation sites is 1. The molecule has 1 heterocycles. The van der Waals surface area contributed by atoms with Crippen LogP contribution in [0.5, 0.6) is 5.75 Å². The maximum atomic E-state index is 10.1. The van der Waals surface area contributed by atoms with E-state index in [1.54, 1.807) is 7.11 Å². The number of nitrogens with one attached hydrogen (secondary N) is 1. The normalized spacial score (nSPS) is 13.3. The lowest BCUT2D eigenvalue weighted by Crippen LogP contribution is -2.42. The number of nitrogens with zero attached hydrogens (tertiary/aromatic N) is 1. The molecule has 2 aromatic rings. The molecule has 0 bridgehead atoms. The van der Waals surface area contributed by atoms with Crippen molar-refractivity contribution in [2.45, 2.75) is 39.0 Å². The van der Waals surface area contributed by atoms with E-state index in [4.69, 9.17) is 14.0 Å². The highest BCUT2D eigenvalue weighted by molar-refractivity contribution is 5.70. The van der Waals surface area contributed by atoms with Crippen LogP contribution in [0.25, 0.3) is 12.2 Å². The molecule has 0 radical (unpaired) electrons. The number of methoxy groups -OCH3 is 1. The van der Waals surface area contributed by atoms with Crippen LogP contribution in [0.1, 0.15) is 37.8 Å². The van der Waals surface area contributed by atoms with E-state index >= 15 is 0 Å². The summed E-state index contributed by atoms with van der Waals surface area (Å²) < 4.78 is 16.0. The maximum Gasteiger partial charge on any atom is 0.160 e. The molecule has 0 saturated carbocycles. The fourth-order valence-electron chi connectivity index (χ4n) is 2.21. The molecule has 1 unspecified atom stereocenters. The standard InChI is InChI=1S/C20H28N2O4/c1-20(2,3)21-12-17(23)14-25-19-8-6-5-7-15(19)9-10-18-11-16(13-24-4)22-26-18/h5-11,17,21,23H,12-14H2,1-4H3/b10-9+. The first-order chi connectivity index (χ1) is 12.4. The van der Waals surface area contributed by atoms with E-state index < -0.39 is 6.10 Å². The second-order valence-corrected chi connectivity index (χ2v) is 7.12. The molecule has 6 nitrogen and oxygen atoms in total. The number of aliphatic hydroxyl groups excluding tert-OH is 1. The first kappa shape index (κ1) is 20.2. The average molecular weight is 360 g/mol. The van der Waals surface area contributed by atoms with Crippen molar-refractivity contribution in [3.05, 3.63) is 47.3 Å². The number of hydrogen-bond acceptors (Lipinski definition) is 6. The summed E-state index contributed by atoms with van der Waals surface area (Å²) in [6.07, 6.45) is 3.13. The van der Waals surface area contributed by atoms with Crippen LogP contribution in [-0.2, 0) is 11.3 Å². The van der Waals surface area contributed by atoms with Gasteiger partial charge in [0.05, 0.1) is 6.61 Å². The third kappa shape index (κ3) is 7.00. The molecule has 6 heteroatoms. The molecule has 26 heavy (non-hydrogen) atoms. The number of aromatic nitrogens is 1. The lowest BCUT2D eigenvalue weighted by atomic mass is 10.1. The zero-order valence-corrected chi connectivity index (χ0v) is 15.9. The molecule has 0 amide bonds. The van der Waals surface area contributed by atoms with Crippen molar-refractivity contribution < 1.29 is 19.1 Å². The van der Waals surface area contributed by atoms with Crippen LogP contribution in [0.4, 0.5) is 0 Å². The predicted octanol–water partition coefficient (Wildman–Crippen LogP) is 3.12. The molecule has 0 fully saturated rings. The molecule has 1 atom stereocenters. The quantitative estimate of drug-likeness (QED) is 0.715. The monoisotopic (exact) mass is 360 g/mol. The number of β-amino-alcohol motifs (C(OH)–C–C–N with tert-alkyl or cyclic N) is 1. The van der Waals surface area contributed by atoms with Gasteiger partial charge in [0.2, 0.25) is 0 Å². The van der Waals surface area contributed by atoms with Crippen LogP contribution in [0.2, 0.25) is 0 Å². The second-order valence-electron chi connectivity index (χ2n) is 7.12. The van der Waals surface area contributed by atoms with E-state index in [1.165, 1.54) is 0 Å². The van der Waals surface area contributed by atoms with Crippen molar-refractivity contribution in [1.29, 1.82) is 0 Å². The van der Waals surface area contributed by atoms with Gasteiger partial charge in [-0.25, -0.2) is 0 Å². The van der Waals surface area contributed by atoms with Gasteiger partial charge in [0.1, 0.15) is 24.2 Å². The van der Waals surface area contributed by atoms with Gasteiger partial charge >= 0.3 is 0 Å². The number of rotatable bonds is 9. The number of hydrogen-bond donors (Lipinski definition) is 2. The minimum absolute atomic E-state index is 0.0413. The Balaban J connectivity index is 1.95. The van der Waals surface area contributed by atoms with Crippen LogP contribution in [0.3, 0.4) is 0 Å². The van der Waals surface area contributed by atoms with E-state index in [-0.39, 0.29) is 12.1 Å². The van der Waals surface area contributed by atoms with Gasteiger partial charge in [-0.15, -0.1) is 0 Å². The molecular formula is C20H28N2O4. The molecule has 0 aliphatic rings. The average Bonchev–Trinajstić information content (AvgIpc) is 3.04. The second kappa shape index (κ2) is 9.52. The summed E-state index contributed by atoms with van der Waals surface area (Å²) in [6.45, 7) is 7.28. The molecule has 1 aromatic carbocycles. The lowest BCUT2D eigenvalue weighted by molar-refractivity contribution is 0.0999. The summed E-state index contributed by atoms with van der Waals surface area (Å²) in [4.78, 5) is 0. The van der Waals surface area contributed by atoms with E-state index in [9.17, 15) is 5.11 Å². The highest BCUT2D eigenvalue weighted by Crippen LogP contribution is 2.21. The van der Waals surface area contributed by atoms with Gasteiger partial charge in [-0.3, -0.25) is 0 Å². The fraction of sp³-hybridized carbons (Fsp3) is 0.450. The van der Waals surface area contributed by atoms with Crippen molar-refractivity contribution in [1.82, 2.24) is 10.5 Å². The zero-order valence-electron chi connectivity index (χ0n) is 15.9. The van der Waals surface area contributed by atoms with Gasteiger partial charge in [0.25, 0.3) is 0 Å². The molecule has 0 spiro atoms. The van der Waals surface area contributed by atoms with Crippen molar-refractivity contribution in [2.75, 3.05) is 20.3 Å².